The Kier molecular flexibility index (Phi) is 4.23. The Morgan fingerprint density at radius 3 is 2.52 bits per heavy atom. The van der Waals surface area contributed by atoms with E-state index in [0.29, 0.717) is 0 Å². The number of esters is 2. The van der Waals surface area contributed by atoms with Crippen molar-refractivity contribution >= 4 is 23.5 Å². The van der Waals surface area contributed by atoms with Crippen LogP contribution in [-0.2, 0) is 9.47 Å². The molecule has 0 saturated carbocycles. The number of hydrogen-bond donors (Lipinski definition) is 0. The standard InChI is InChI=1S/C13H9ClFNO5/c1-19-12(17)9-10(13(18)20-2)21-11(16-9)6-4-3-5-7(14)8(6)15/h3-5H,1-2H3. The molecule has 0 unspecified atom stereocenters. The lowest BCUT2D eigenvalue weighted by Gasteiger charge is -1.99. The average molecular weight is 314 g/mol. The van der Waals surface area contributed by atoms with Crippen LogP contribution < -0.4 is 0 Å². The quantitative estimate of drug-likeness (QED) is 0.811. The highest BCUT2D eigenvalue weighted by Crippen LogP contribution is 2.29. The fourth-order valence-corrected chi connectivity index (χ4v) is 1.74. The molecule has 0 aliphatic carbocycles. The second kappa shape index (κ2) is 5.92. The molecule has 0 bridgehead atoms. The first-order chi connectivity index (χ1) is 9.99. The van der Waals surface area contributed by atoms with Crippen molar-refractivity contribution in [2.45, 2.75) is 0 Å². The van der Waals surface area contributed by atoms with E-state index < -0.39 is 29.2 Å². The van der Waals surface area contributed by atoms with E-state index >= 15 is 0 Å². The van der Waals surface area contributed by atoms with Crippen molar-refractivity contribution in [2.24, 2.45) is 0 Å². The van der Waals surface area contributed by atoms with E-state index in [1.165, 1.54) is 18.2 Å². The maximum Gasteiger partial charge on any atom is 0.376 e. The fourth-order valence-electron chi connectivity index (χ4n) is 1.57. The summed E-state index contributed by atoms with van der Waals surface area (Å²) in [5.74, 6) is -3.38. The minimum absolute atomic E-state index is 0.0946. The number of oxazole rings is 1. The van der Waals surface area contributed by atoms with Gasteiger partial charge in [0.15, 0.2) is 5.82 Å². The maximum absolute atomic E-state index is 13.9. The van der Waals surface area contributed by atoms with Crippen molar-refractivity contribution < 1.29 is 27.9 Å². The van der Waals surface area contributed by atoms with Gasteiger partial charge in [-0.1, -0.05) is 17.7 Å². The summed E-state index contributed by atoms with van der Waals surface area (Å²) in [6.45, 7) is 0. The van der Waals surface area contributed by atoms with Gasteiger partial charge in [0.05, 0.1) is 24.8 Å². The minimum Gasteiger partial charge on any atom is -0.464 e. The monoisotopic (exact) mass is 313 g/mol. The van der Waals surface area contributed by atoms with Crippen molar-refractivity contribution in [2.75, 3.05) is 14.2 Å². The number of halogens is 2. The van der Waals surface area contributed by atoms with Gasteiger partial charge in [-0.25, -0.2) is 19.0 Å². The normalized spacial score (nSPS) is 10.3. The molecule has 0 atom stereocenters. The van der Waals surface area contributed by atoms with E-state index in [4.69, 9.17) is 16.0 Å². The molecule has 110 valence electrons. The van der Waals surface area contributed by atoms with Gasteiger partial charge in [0.25, 0.3) is 0 Å². The number of carbonyl (C=O) groups excluding carboxylic acids is 2. The molecule has 0 fully saturated rings. The Morgan fingerprint density at radius 2 is 1.90 bits per heavy atom. The number of ether oxygens (including phenoxy) is 2. The van der Waals surface area contributed by atoms with E-state index in [2.05, 4.69) is 14.5 Å². The largest absolute Gasteiger partial charge is 0.464 e. The first kappa shape index (κ1) is 15.0. The Labute approximate surface area is 123 Å². The first-order valence-electron chi connectivity index (χ1n) is 5.61. The lowest BCUT2D eigenvalue weighted by atomic mass is 10.2. The van der Waals surface area contributed by atoms with Gasteiger partial charge in [0, 0.05) is 0 Å². The highest BCUT2D eigenvalue weighted by atomic mass is 35.5. The zero-order chi connectivity index (χ0) is 15.6. The van der Waals surface area contributed by atoms with Crippen LogP contribution in [0.4, 0.5) is 4.39 Å². The molecule has 0 N–H and O–H groups in total. The molecule has 0 aliphatic rings. The fraction of sp³-hybridized carbons (Fsp3) is 0.154. The lowest BCUT2D eigenvalue weighted by Crippen LogP contribution is -2.10. The first-order valence-corrected chi connectivity index (χ1v) is 5.99. The summed E-state index contributed by atoms with van der Waals surface area (Å²) in [7, 11) is 2.21. The third-order valence-electron chi connectivity index (χ3n) is 2.56. The van der Waals surface area contributed by atoms with Crippen LogP contribution in [0.3, 0.4) is 0 Å². The van der Waals surface area contributed by atoms with Gasteiger partial charge in [0.2, 0.25) is 17.3 Å². The number of methoxy groups -OCH3 is 2. The molecule has 0 saturated heterocycles. The van der Waals surface area contributed by atoms with Gasteiger partial charge in [-0.3, -0.25) is 0 Å². The summed E-state index contributed by atoms with van der Waals surface area (Å²) in [6, 6.07) is 4.15. The van der Waals surface area contributed by atoms with Crippen LogP contribution in [0.25, 0.3) is 11.5 Å². The molecule has 0 amide bonds. The summed E-state index contributed by atoms with van der Waals surface area (Å²) in [5, 5.41) is -0.148. The minimum atomic E-state index is -0.934. The molecule has 0 aliphatic heterocycles. The number of nitrogens with zero attached hydrogens (tertiary/aromatic N) is 1. The zero-order valence-corrected chi connectivity index (χ0v) is 11.7. The molecule has 1 aromatic heterocycles. The van der Waals surface area contributed by atoms with Crippen LogP contribution in [-0.4, -0.2) is 31.1 Å². The second-order valence-corrected chi connectivity index (χ2v) is 4.19. The summed E-state index contributed by atoms with van der Waals surface area (Å²) < 4.78 is 28.0. The van der Waals surface area contributed by atoms with Crippen LogP contribution >= 0.6 is 11.6 Å². The summed E-state index contributed by atoms with van der Waals surface area (Å²) in [6.07, 6.45) is 0. The number of benzene rings is 1. The SMILES string of the molecule is COC(=O)c1nc(-c2cccc(Cl)c2F)oc1C(=O)OC. The van der Waals surface area contributed by atoms with Crippen molar-refractivity contribution in [3.8, 4) is 11.5 Å². The molecule has 0 spiro atoms. The zero-order valence-electron chi connectivity index (χ0n) is 11.0. The van der Waals surface area contributed by atoms with Crippen molar-refractivity contribution in [1.82, 2.24) is 4.98 Å². The number of rotatable bonds is 3. The Bertz CT molecular complexity index is 679. The van der Waals surface area contributed by atoms with Crippen molar-refractivity contribution in [3.05, 3.63) is 40.5 Å². The van der Waals surface area contributed by atoms with Crippen molar-refractivity contribution in [3.63, 3.8) is 0 Å². The van der Waals surface area contributed by atoms with Crippen LogP contribution in [0.15, 0.2) is 22.6 Å². The van der Waals surface area contributed by atoms with Gasteiger partial charge in [-0.2, -0.15) is 0 Å². The number of aromatic nitrogens is 1. The van der Waals surface area contributed by atoms with E-state index in [1.54, 1.807) is 0 Å². The molecule has 6 nitrogen and oxygen atoms in total. The van der Waals surface area contributed by atoms with E-state index in [1.807, 2.05) is 0 Å². The Hall–Kier alpha value is -2.41. The summed E-state index contributed by atoms with van der Waals surface area (Å²) in [5.41, 5.74) is -0.499. The molecule has 2 aromatic rings. The van der Waals surface area contributed by atoms with Gasteiger partial charge in [-0.15, -0.1) is 0 Å². The van der Waals surface area contributed by atoms with Crippen LogP contribution in [0.5, 0.6) is 0 Å². The second-order valence-electron chi connectivity index (χ2n) is 3.78. The topological polar surface area (TPSA) is 78.6 Å². The number of carbonyl (C=O) groups is 2. The third-order valence-corrected chi connectivity index (χ3v) is 2.85. The molecule has 8 heteroatoms. The molecule has 2 rings (SSSR count). The highest BCUT2D eigenvalue weighted by molar-refractivity contribution is 6.31. The maximum atomic E-state index is 13.9. The molecule has 1 heterocycles. The molecule has 0 radical (unpaired) electrons. The van der Waals surface area contributed by atoms with Crippen LogP contribution in [0, 0.1) is 5.82 Å². The molecular weight excluding hydrogens is 305 g/mol. The molecule has 21 heavy (non-hydrogen) atoms. The summed E-state index contributed by atoms with van der Waals surface area (Å²) in [4.78, 5) is 26.9. The van der Waals surface area contributed by atoms with E-state index in [0.717, 1.165) is 14.2 Å². The Balaban J connectivity index is 2.61. The van der Waals surface area contributed by atoms with Crippen molar-refractivity contribution in [1.29, 1.82) is 0 Å². The number of hydrogen-bond acceptors (Lipinski definition) is 6. The van der Waals surface area contributed by atoms with Crippen LogP contribution in [0.2, 0.25) is 5.02 Å². The van der Waals surface area contributed by atoms with Crippen LogP contribution in [0.1, 0.15) is 21.0 Å². The lowest BCUT2D eigenvalue weighted by molar-refractivity contribution is 0.0527. The Morgan fingerprint density at radius 1 is 1.24 bits per heavy atom. The predicted octanol–water partition coefficient (Wildman–Crippen LogP) is 2.71. The highest BCUT2D eigenvalue weighted by Gasteiger charge is 2.28. The smallest absolute Gasteiger partial charge is 0.376 e. The van der Waals surface area contributed by atoms with E-state index in [-0.39, 0.29) is 16.5 Å². The third kappa shape index (κ3) is 2.73. The predicted molar refractivity (Wildman–Crippen MR) is 69.6 cm³/mol. The molecular formula is C13H9ClFNO5. The van der Waals surface area contributed by atoms with Gasteiger partial charge < -0.3 is 13.9 Å². The van der Waals surface area contributed by atoms with Gasteiger partial charge in [-0.05, 0) is 12.1 Å². The molecule has 1 aromatic carbocycles. The van der Waals surface area contributed by atoms with E-state index in [9.17, 15) is 14.0 Å². The van der Waals surface area contributed by atoms with Gasteiger partial charge >= 0.3 is 11.9 Å². The van der Waals surface area contributed by atoms with Gasteiger partial charge in [0.1, 0.15) is 0 Å². The summed E-state index contributed by atoms with van der Waals surface area (Å²) >= 11 is 5.66. The average Bonchev–Trinajstić information content (AvgIpc) is 2.93.